The lowest BCUT2D eigenvalue weighted by Crippen LogP contribution is -2.43. The van der Waals surface area contributed by atoms with E-state index < -0.39 is 5.41 Å². The normalized spacial score (nSPS) is 17.0. The summed E-state index contributed by atoms with van der Waals surface area (Å²) >= 11 is 0. The maximum Gasteiger partial charge on any atom is 0.233 e. The minimum Gasteiger partial charge on any atom is -0.486 e. The molecule has 0 spiro atoms. The third kappa shape index (κ3) is 3.31. The fourth-order valence-electron chi connectivity index (χ4n) is 4.40. The standard InChI is InChI=1S/C23H24N2O3/c1-25(16-18-6-4-5-17(13-18)15-24)22(26)23(9-2-3-10-23)19-7-8-20-21(14-19)28-12-11-27-20/h4-8,13-14H,2-3,9-12,16H2,1H3. The van der Waals surface area contributed by atoms with E-state index >= 15 is 0 Å². The van der Waals surface area contributed by atoms with Gasteiger partial charge in [0.1, 0.15) is 13.2 Å². The van der Waals surface area contributed by atoms with Crippen molar-refractivity contribution in [2.24, 2.45) is 0 Å². The van der Waals surface area contributed by atoms with Crippen LogP contribution in [0.25, 0.3) is 0 Å². The van der Waals surface area contributed by atoms with Gasteiger partial charge in [-0.05, 0) is 48.2 Å². The van der Waals surface area contributed by atoms with Gasteiger partial charge in [-0.2, -0.15) is 5.26 Å². The van der Waals surface area contributed by atoms with Crippen molar-refractivity contribution >= 4 is 5.91 Å². The van der Waals surface area contributed by atoms with E-state index in [1.807, 2.05) is 43.4 Å². The molecule has 0 unspecified atom stereocenters. The quantitative estimate of drug-likeness (QED) is 0.814. The Morgan fingerprint density at radius 3 is 2.61 bits per heavy atom. The smallest absolute Gasteiger partial charge is 0.233 e. The molecule has 2 aromatic rings. The molecule has 0 atom stereocenters. The van der Waals surface area contributed by atoms with Crippen LogP contribution < -0.4 is 9.47 Å². The molecule has 1 saturated carbocycles. The van der Waals surface area contributed by atoms with Crippen LogP contribution in [-0.2, 0) is 16.8 Å². The number of ether oxygens (including phenoxy) is 2. The van der Waals surface area contributed by atoms with Crippen molar-refractivity contribution in [3.05, 3.63) is 59.2 Å². The van der Waals surface area contributed by atoms with E-state index in [4.69, 9.17) is 14.7 Å². The maximum atomic E-state index is 13.6. The van der Waals surface area contributed by atoms with E-state index in [1.54, 1.807) is 11.0 Å². The molecular weight excluding hydrogens is 352 g/mol. The van der Waals surface area contributed by atoms with E-state index in [0.29, 0.717) is 25.3 Å². The zero-order valence-electron chi connectivity index (χ0n) is 16.1. The van der Waals surface area contributed by atoms with Gasteiger partial charge in [-0.3, -0.25) is 4.79 Å². The number of nitrogens with zero attached hydrogens (tertiary/aromatic N) is 2. The summed E-state index contributed by atoms with van der Waals surface area (Å²) in [5, 5.41) is 9.11. The minimum atomic E-state index is -0.516. The van der Waals surface area contributed by atoms with Gasteiger partial charge in [-0.15, -0.1) is 0 Å². The summed E-state index contributed by atoms with van der Waals surface area (Å²) in [4.78, 5) is 15.4. The number of fused-ring (bicyclic) bond motifs is 1. The fraction of sp³-hybridized carbons (Fsp3) is 0.391. The zero-order chi connectivity index (χ0) is 19.6. The van der Waals surface area contributed by atoms with Crippen LogP contribution in [0.3, 0.4) is 0 Å². The third-order valence-corrected chi connectivity index (χ3v) is 5.78. The molecule has 2 aromatic carbocycles. The van der Waals surface area contributed by atoms with Gasteiger partial charge in [-0.25, -0.2) is 0 Å². The Labute approximate surface area is 165 Å². The highest BCUT2D eigenvalue weighted by atomic mass is 16.6. The molecule has 5 nitrogen and oxygen atoms in total. The number of carbonyl (C=O) groups excluding carboxylic acids is 1. The molecule has 0 aromatic heterocycles. The van der Waals surface area contributed by atoms with Crippen LogP contribution in [-0.4, -0.2) is 31.1 Å². The topological polar surface area (TPSA) is 62.6 Å². The van der Waals surface area contributed by atoms with Crippen LogP contribution in [0.2, 0.25) is 0 Å². The number of hydrogen-bond acceptors (Lipinski definition) is 4. The molecule has 0 radical (unpaired) electrons. The zero-order valence-corrected chi connectivity index (χ0v) is 16.1. The summed E-state index contributed by atoms with van der Waals surface area (Å²) in [6.45, 7) is 1.58. The molecule has 0 N–H and O–H groups in total. The lowest BCUT2D eigenvalue weighted by atomic mass is 9.77. The summed E-state index contributed by atoms with van der Waals surface area (Å²) in [5.74, 6) is 1.61. The number of rotatable bonds is 4. The average molecular weight is 376 g/mol. The van der Waals surface area contributed by atoms with Gasteiger partial charge < -0.3 is 14.4 Å². The van der Waals surface area contributed by atoms with Crippen molar-refractivity contribution in [2.45, 2.75) is 37.6 Å². The molecule has 4 rings (SSSR count). The predicted octanol–water partition coefficient (Wildman–Crippen LogP) is 3.80. The first kappa shape index (κ1) is 18.4. The monoisotopic (exact) mass is 376 g/mol. The molecule has 0 bridgehead atoms. The van der Waals surface area contributed by atoms with Gasteiger partial charge in [0.05, 0.1) is 17.0 Å². The SMILES string of the molecule is CN(Cc1cccc(C#N)c1)C(=O)C1(c2ccc3c(c2)OCCO3)CCCC1. The molecule has 1 fully saturated rings. The Balaban J connectivity index is 1.61. The molecular formula is C23H24N2O3. The molecule has 144 valence electrons. The van der Waals surface area contributed by atoms with Crippen LogP contribution >= 0.6 is 0 Å². The second kappa shape index (κ2) is 7.55. The van der Waals surface area contributed by atoms with E-state index in [0.717, 1.165) is 48.3 Å². The van der Waals surface area contributed by atoms with Crippen molar-refractivity contribution < 1.29 is 14.3 Å². The highest BCUT2D eigenvalue weighted by molar-refractivity contribution is 5.88. The summed E-state index contributed by atoms with van der Waals surface area (Å²) in [7, 11) is 1.85. The number of hydrogen-bond donors (Lipinski definition) is 0. The highest BCUT2D eigenvalue weighted by Crippen LogP contribution is 2.45. The number of amides is 1. The summed E-state index contributed by atoms with van der Waals surface area (Å²) in [6, 6.07) is 15.5. The Kier molecular flexibility index (Phi) is 4.95. The van der Waals surface area contributed by atoms with E-state index in [1.165, 1.54) is 0 Å². The van der Waals surface area contributed by atoms with Gasteiger partial charge in [0, 0.05) is 13.6 Å². The summed E-state index contributed by atoms with van der Waals surface area (Å²) in [5.41, 5.74) is 2.07. The van der Waals surface area contributed by atoms with Crippen LogP contribution in [0.15, 0.2) is 42.5 Å². The van der Waals surface area contributed by atoms with Gasteiger partial charge in [-0.1, -0.05) is 31.0 Å². The molecule has 5 heteroatoms. The third-order valence-electron chi connectivity index (χ3n) is 5.78. The number of nitriles is 1. The molecule has 1 amide bonds. The highest BCUT2D eigenvalue weighted by Gasteiger charge is 2.44. The van der Waals surface area contributed by atoms with E-state index in [2.05, 4.69) is 6.07 Å². The Bertz CT molecular complexity index is 926. The number of benzene rings is 2. The fourth-order valence-corrected chi connectivity index (χ4v) is 4.40. The molecule has 28 heavy (non-hydrogen) atoms. The second-order valence-electron chi connectivity index (χ2n) is 7.62. The van der Waals surface area contributed by atoms with Gasteiger partial charge in [0.15, 0.2) is 11.5 Å². The van der Waals surface area contributed by atoms with Crippen molar-refractivity contribution in [1.29, 1.82) is 5.26 Å². The van der Waals surface area contributed by atoms with Crippen LogP contribution in [0.1, 0.15) is 42.4 Å². The maximum absolute atomic E-state index is 13.6. The summed E-state index contributed by atoms with van der Waals surface area (Å²) in [6.07, 6.45) is 3.76. The van der Waals surface area contributed by atoms with Crippen LogP contribution in [0.5, 0.6) is 11.5 Å². The Morgan fingerprint density at radius 1 is 1.11 bits per heavy atom. The van der Waals surface area contributed by atoms with Crippen molar-refractivity contribution in [3.8, 4) is 17.6 Å². The molecule has 0 saturated heterocycles. The lowest BCUT2D eigenvalue weighted by Gasteiger charge is -2.34. The molecule has 1 aliphatic heterocycles. The van der Waals surface area contributed by atoms with Crippen LogP contribution in [0.4, 0.5) is 0 Å². The molecule has 1 aliphatic carbocycles. The first-order valence-corrected chi connectivity index (χ1v) is 9.77. The van der Waals surface area contributed by atoms with Gasteiger partial charge in [0.25, 0.3) is 0 Å². The molecule has 2 aliphatic rings. The van der Waals surface area contributed by atoms with Crippen molar-refractivity contribution in [1.82, 2.24) is 4.90 Å². The second-order valence-corrected chi connectivity index (χ2v) is 7.62. The first-order chi connectivity index (χ1) is 13.6. The van der Waals surface area contributed by atoms with Gasteiger partial charge >= 0.3 is 0 Å². The largest absolute Gasteiger partial charge is 0.486 e. The van der Waals surface area contributed by atoms with E-state index in [-0.39, 0.29) is 5.91 Å². The van der Waals surface area contributed by atoms with Gasteiger partial charge in [0.2, 0.25) is 5.91 Å². The average Bonchev–Trinajstić information content (AvgIpc) is 3.24. The predicted molar refractivity (Wildman–Crippen MR) is 105 cm³/mol. The number of carbonyl (C=O) groups is 1. The van der Waals surface area contributed by atoms with Crippen molar-refractivity contribution in [2.75, 3.05) is 20.3 Å². The van der Waals surface area contributed by atoms with Crippen LogP contribution in [0, 0.1) is 11.3 Å². The Hall–Kier alpha value is -3.00. The number of likely N-dealkylation sites (N-methyl/N-ethyl adjacent to an activating group) is 1. The lowest BCUT2D eigenvalue weighted by molar-refractivity contribution is -0.136. The minimum absolute atomic E-state index is 0.129. The summed E-state index contributed by atoms with van der Waals surface area (Å²) < 4.78 is 11.4. The first-order valence-electron chi connectivity index (χ1n) is 9.77. The molecule has 1 heterocycles. The van der Waals surface area contributed by atoms with Crippen molar-refractivity contribution in [3.63, 3.8) is 0 Å². The Morgan fingerprint density at radius 2 is 1.86 bits per heavy atom. The van der Waals surface area contributed by atoms with E-state index in [9.17, 15) is 4.79 Å².